The van der Waals surface area contributed by atoms with Crippen molar-refractivity contribution in [3.05, 3.63) is 59.2 Å². The second kappa shape index (κ2) is 8.27. The second-order valence-electron chi connectivity index (χ2n) is 6.04. The molecule has 1 heterocycles. The molecular weight excluding hydrogens is 328 g/mol. The molecule has 0 amide bonds. The third-order valence-corrected chi connectivity index (χ3v) is 4.03. The predicted octanol–water partition coefficient (Wildman–Crippen LogP) is 2.82. The van der Waals surface area contributed by atoms with Crippen molar-refractivity contribution in [1.29, 1.82) is 0 Å². The highest BCUT2D eigenvalue weighted by molar-refractivity contribution is 5.47. The van der Waals surface area contributed by atoms with Crippen LogP contribution in [-0.2, 0) is 13.0 Å². The number of hydrogen-bond donors (Lipinski definition) is 2. The fraction of sp³-hybridized carbons (Fsp3) is 0.368. The molecule has 0 bridgehead atoms. The van der Waals surface area contributed by atoms with Gasteiger partial charge in [0.15, 0.2) is 11.5 Å². The zero-order valence-corrected chi connectivity index (χ0v) is 13.8. The second-order valence-corrected chi connectivity index (χ2v) is 6.04. The molecule has 0 saturated heterocycles. The summed E-state index contributed by atoms with van der Waals surface area (Å²) >= 11 is 0. The Kier molecular flexibility index (Phi) is 5.83. The van der Waals surface area contributed by atoms with Crippen LogP contribution >= 0.6 is 0 Å². The van der Waals surface area contributed by atoms with Crippen molar-refractivity contribution < 1.29 is 23.4 Å². The molecule has 2 N–H and O–H groups in total. The Morgan fingerprint density at radius 2 is 1.84 bits per heavy atom. The molecular formula is C19H21F2NO3. The van der Waals surface area contributed by atoms with Crippen LogP contribution in [0.4, 0.5) is 8.78 Å². The smallest absolute Gasteiger partial charge is 0.165 e. The number of benzene rings is 2. The van der Waals surface area contributed by atoms with Gasteiger partial charge < -0.3 is 19.9 Å². The molecule has 25 heavy (non-hydrogen) atoms. The molecule has 2 aromatic rings. The first-order valence-electron chi connectivity index (χ1n) is 8.33. The molecule has 6 heteroatoms. The van der Waals surface area contributed by atoms with Crippen LogP contribution in [0, 0.1) is 11.6 Å². The number of halogens is 2. The molecule has 1 unspecified atom stereocenters. The molecule has 0 radical (unpaired) electrons. The normalized spacial score (nSPS) is 14.4. The Labute approximate surface area is 145 Å². The minimum absolute atomic E-state index is 0.377. The number of aryl methyl sites for hydroxylation is 1. The van der Waals surface area contributed by atoms with Gasteiger partial charge in [-0.15, -0.1) is 0 Å². The summed E-state index contributed by atoms with van der Waals surface area (Å²) in [5, 5.41) is 13.2. The molecule has 0 aliphatic carbocycles. The zero-order valence-electron chi connectivity index (χ0n) is 13.8. The van der Waals surface area contributed by atoms with Crippen LogP contribution in [0.15, 0.2) is 36.4 Å². The van der Waals surface area contributed by atoms with E-state index in [0.29, 0.717) is 44.7 Å². The number of ether oxygens (including phenoxy) is 2. The minimum Gasteiger partial charge on any atom is -0.486 e. The van der Waals surface area contributed by atoms with E-state index in [0.717, 1.165) is 23.1 Å². The standard InChI is InChI=1S/C19H21F2NO3/c20-15-8-13(9-16(21)10-15)4-5-17(23)12-22-11-14-2-1-3-18-19(14)25-7-6-24-18/h1-3,8-10,17,22-23H,4-7,11-12H2. The first kappa shape index (κ1) is 17.6. The first-order valence-corrected chi connectivity index (χ1v) is 8.33. The number of fused-ring (bicyclic) bond motifs is 1. The number of aliphatic hydroxyl groups is 1. The molecule has 1 atom stereocenters. The highest BCUT2D eigenvalue weighted by Crippen LogP contribution is 2.33. The average molecular weight is 349 g/mol. The monoisotopic (exact) mass is 349 g/mol. The van der Waals surface area contributed by atoms with Crippen LogP contribution in [0.3, 0.4) is 0 Å². The Morgan fingerprint density at radius 1 is 1.08 bits per heavy atom. The van der Waals surface area contributed by atoms with E-state index in [1.807, 2.05) is 18.2 Å². The van der Waals surface area contributed by atoms with Crippen LogP contribution in [-0.4, -0.2) is 31.0 Å². The lowest BCUT2D eigenvalue weighted by Crippen LogP contribution is -2.27. The molecule has 0 saturated carbocycles. The summed E-state index contributed by atoms with van der Waals surface area (Å²) in [6.07, 6.45) is 0.223. The minimum atomic E-state index is -0.608. The van der Waals surface area contributed by atoms with E-state index >= 15 is 0 Å². The van der Waals surface area contributed by atoms with Gasteiger partial charge in [0.1, 0.15) is 24.8 Å². The van der Waals surface area contributed by atoms with Crippen molar-refractivity contribution in [2.75, 3.05) is 19.8 Å². The van der Waals surface area contributed by atoms with Crippen LogP contribution in [0.2, 0.25) is 0 Å². The van der Waals surface area contributed by atoms with E-state index < -0.39 is 17.7 Å². The van der Waals surface area contributed by atoms with Gasteiger partial charge in [-0.05, 0) is 36.6 Å². The van der Waals surface area contributed by atoms with E-state index in [-0.39, 0.29) is 0 Å². The van der Waals surface area contributed by atoms with Gasteiger partial charge >= 0.3 is 0 Å². The van der Waals surface area contributed by atoms with E-state index in [9.17, 15) is 13.9 Å². The Morgan fingerprint density at radius 3 is 2.64 bits per heavy atom. The number of rotatable bonds is 7. The summed E-state index contributed by atoms with van der Waals surface area (Å²) in [6.45, 7) is 1.99. The summed E-state index contributed by atoms with van der Waals surface area (Å²) in [7, 11) is 0. The van der Waals surface area contributed by atoms with E-state index in [1.54, 1.807) is 0 Å². The van der Waals surface area contributed by atoms with Crippen molar-refractivity contribution in [3.63, 3.8) is 0 Å². The van der Waals surface area contributed by atoms with Crippen LogP contribution in [0.1, 0.15) is 17.5 Å². The lowest BCUT2D eigenvalue weighted by molar-refractivity contribution is 0.159. The third-order valence-electron chi connectivity index (χ3n) is 4.03. The van der Waals surface area contributed by atoms with Gasteiger partial charge in [0, 0.05) is 24.7 Å². The highest BCUT2D eigenvalue weighted by Gasteiger charge is 2.15. The van der Waals surface area contributed by atoms with Crippen molar-refractivity contribution in [1.82, 2.24) is 5.32 Å². The van der Waals surface area contributed by atoms with Gasteiger partial charge in [0.25, 0.3) is 0 Å². The van der Waals surface area contributed by atoms with Crippen molar-refractivity contribution in [3.8, 4) is 11.5 Å². The molecule has 3 rings (SSSR count). The van der Waals surface area contributed by atoms with Crippen LogP contribution in [0.25, 0.3) is 0 Å². The number of nitrogens with one attached hydrogen (secondary N) is 1. The molecule has 1 aliphatic heterocycles. The van der Waals surface area contributed by atoms with Gasteiger partial charge in [-0.25, -0.2) is 8.78 Å². The van der Waals surface area contributed by atoms with Crippen LogP contribution < -0.4 is 14.8 Å². The maximum Gasteiger partial charge on any atom is 0.165 e. The van der Waals surface area contributed by atoms with Crippen molar-refractivity contribution >= 4 is 0 Å². The van der Waals surface area contributed by atoms with Gasteiger partial charge in [0.05, 0.1) is 6.10 Å². The van der Waals surface area contributed by atoms with E-state index in [1.165, 1.54) is 12.1 Å². The lowest BCUT2D eigenvalue weighted by Gasteiger charge is -2.21. The van der Waals surface area contributed by atoms with Gasteiger partial charge in [-0.2, -0.15) is 0 Å². The van der Waals surface area contributed by atoms with Gasteiger partial charge in [0.2, 0.25) is 0 Å². The Hall–Kier alpha value is -2.18. The average Bonchev–Trinajstić information content (AvgIpc) is 2.59. The van der Waals surface area contributed by atoms with E-state index in [2.05, 4.69) is 5.32 Å². The fourth-order valence-corrected chi connectivity index (χ4v) is 2.84. The topological polar surface area (TPSA) is 50.7 Å². The Bertz CT molecular complexity index is 704. The van der Waals surface area contributed by atoms with E-state index in [4.69, 9.17) is 9.47 Å². The molecule has 0 aromatic heterocycles. The summed E-state index contributed by atoms with van der Waals surface area (Å²) in [5.41, 5.74) is 1.51. The summed E-state index contributed by atoms with van der Waals surface area (Å²) in [6, 6.07) is 9.13. The number of hydrogen-bond acceptors (Lipinski definition) is 4. The molecule has 0 fully saturated rings. The van der Waals surface area contributed by atoms with Crippen molar-refractivity contribution in [2.45, 2.75) is 25.5 Å². The Balaban J connectivity index is 1.46. The number of para-hydroxylation sites is 1. The van der Waals surface area contributed by atoms with Crippen LogP contribution in [0.5, 0.6) is 11.5 Å². The quantitative estimate of drug-likeness (QED) is 0.807. The lowest BCUT2D eigenvalue weighted by atomic mass is 10.1. The maximum atomic E-state index is 13.1. The molecule has 1 aliphatic rings. The SMILES string of the molecule is OC(CCc1cc(F)cc(F)c1)CNCc1cccc2c1OCCO2. The van der Waals surface area contributed by atoms with Crippen molar-refractivity contribution in [2.24, 2.45) is 0 Å². The zero-order chi connectivity index (χ0) is 17.6. The number of aliphatic hydroxyl groups excluding tert-OH is 1. The highest BCUT2D eigenvalue weighted by atomic mass is 19.1. The summed E-state index contributed by atoms with van der Waals surface area (Å²) in [4.78, 5) is 0. The fourth-order valence-electron chi connectivity index (χ4n) is 2.84. The summed E-state index contributed by atoms with van der Waals surface area (Å²) in [5.74, 6) is 0.280. The maximum absolute atomic E-state index is 13.1. The van der Waals surface area contributed by atoms with Gasteiger partial charge in [-0.1, -0.05) is 12.1 Å². The first-order chi connectivity index (χ1) is 12.1. The third kappa shape index (κ3) is 4.90. The predicted molar refractivity (Wildman–Crippen MR) is 89.8 cm³/mol. The largest absolute Gasteiger partial charge is 0.486 e. The molecule has 4 nitrogen and oxygen atoms in total. The molecule has 134 valence electrons. The summed E-state index contributed by atoms with van der Waals surface area (Å²) < 4.78 is 37.5. The molecule has 0 spiro atoms. The van der Waals surface area contributed by atoms with Gasteiger partial charge in [-0.3, -0.25) is 0 Å². The molecule has 2 aromatic carbocycles.